The first-order chi connectivity index (χ1) is 20.3. The standard InChI is InChI=1S/C38H23NOS/c1-2-11-28(12-3-1)39-33-15-6-4-14-31(33)38-37(39)32-22-26(18-20-34(32)40-38)24-9-8-10-25(21-24)27-17-19-30-29-13-5-7-16-35(29)41-36(30)23-27/h1-23H. The molecule has 0 saturated heterocycles. The van der Waals surface area contributed by atoms with E-state index < -0.39 is 0 Å². The van der Waals surface area contributed by atoms with Crippen LogP contribution in [0.25, 0.3) is 81.1 Å². The Hall–Kier alpha value is -5.12. The third-order valence-electron chi connectivity index (χ3n) is 8.20. The van der Waals surface area contributed by atoms with Crippen LogP contribution in [-0.4, -0.2) is 4.57 Å². The smallest absolute Gasteiger partial charge is 0.161 e. The van der Waals surface area contributed by atoms with Gasteiger partial charge in [-0.3, -0.25) is 0 Å². The second-order valence-electron chi connectivity index (χ2n) is 10.6. The minimum atomic E-state index is 0.903. The highest BCUT2D eigenvalue weighted by atomic mass is 32.1. The van der Waals surface area contributed by atoms with Gasteiger partial charge in [-0.25, -0.2) is 0 Å². The van der Waals surface area contributed by atoms with Crippen LogP contribution in [0, 0.1) is 0 Å². The van der Waals surface area contributed by atoms with Crippen molar-refractivity contribution in [3.8, 4) is 27.9 Å². The zero-order chi connectivity index (χ0) is 26.9. The number of thiophene rings is 1. The molecule has 0 radical (unpaired) electrons. The molecule has 0 aliphatic carbocycles. The van der Waals surface area contributed by atoms with Crippen molar-refractivity contribution in [2.45, 2.75) is 0 Å². The molecule has 0 unspecified atom stereocenters. The molecule has 192 valence electrons. The Morgan fingerprint density at radius 2 is 1.15 bits per heavy atom. The Morgan fingerprint density at radius 3 is 2.02 bits per heavy atom. The number of hydrogen-bond acceptors (Lipinski definition) is 2. The zero-order valence-electron chi connectivity index (χ0n) is 22.0. The molecule has 0 amide bonds. The molecule has 9 aromatic rings. The number of hydrogen-bond donors (Lipinski definition) is 0. The summed E-state index contributed by atoms with van der Waals surface area (Å²) in [5, 5.41) is 4.91. The average Bonchev–Trinajstić information content (AvgIpc) is 3.69. The topological polar surface area (TPSA) is 18.1 Å². The van der Waals surface area contributed by atoms with Crippen LogP contribution in [0.2, 0.25) is 0 Å². The Kier molecular flexibility index (Phi) is 4.80. The first-order valence-electron chi connectivity index (χ1n) is 13.9. The monoisotopic (exact) mass is 541 g/mol. The highest BCUT2D eigenvalue weighted by Crippen LogP contribution is 2.41. The lowest BCUT2D eigenvalue weighted by atomic mass is 9.97. The van der Waals surface area contributed by atoms with Crippen molar-refractivity contribution in [2.75, 3.05) is 0 Å². The Morgan fingerprint density at radius 1 is 0.463 bits per heavy atom. The molecule has 0 aliphatic heterocycles. The average molecular weight is 542 g/mol. The first-order valence-corrected chi connectivity index (χ1v) is 14.7. The summed E-state index contributed by atoms with van der Waals surface area (Å²) in [5.41, 5.74) is 10.1. The van der Waals surface area contributed by atoms with Gasteiger partial charge in [0.05, 0.1) is 5.52 Å². The zero-order valence-corrected chi connectivity index (χ0v) is 22.9. The molecule has 3 heteroatoms. The fraction of sp³-hybridized carbons (Fsp3) is 0. The number of furan rings is 1. The molecule has 0 saturated carbocycles. The van der Waals surface area contributed by atoms with Crippen LogP contribution < -0.4 is 0 Å². The van der Waals surface area contributed by atoms with E-state index >= 15 is 0 Å². The summed E-state index contributed by atoms with van der Waals surface area (Å²) in [7, 11) is 0. The van der Waals surface area contributed by atoms with Crippen molar-refractivity contribution in [3.63, 3.8) is 0 Å². The lowest BCUT2D eigenvalue weighted by Crippen LogP contribution is -1.92. The molecular formula is C38H23NOS. The summed E-state index contributed by atoms with van der Waals surface area (Å²) in [6, 6.07) is 50.0. The van der Waals surface area contributed by atoms with E-state index in [-0.39, 0.29) is 0 Å². The quantitative estimate of drug-likeness (QED) is 0.217. The van der Waals surface area contributed by atoms with Crippen molar-refractivity contribution in [2.24, 2.45) is 0 Å². The summed E-state index contributed by atoms with van der Waals surface area (Å²) in [4.78, 5) is 0. The van der Waals surface area contributed by atoms with Gasteiger partial charge in [0.25, 0.3) is 0 Å². The van der Waals surface area contributed by atoms with E-state index in [0.29, 0.717) is 0 Å². The van der Waals surface area contributed by atoms with Gasteiger partial charge in [-0.05, 0) is 76.9 Å². The van der Waals surface area contributed by atoms with Gasteiger partial charge in [0.15, 0.2) is 5.58 Å². The minimum absolute atomic E-state index is 0.903. The van der Waals surface area contributed by atoms with E-state index in [0.717, 1.165) is 38.7 Å². The lowest BCUT2D eigenvalue weighted by Gasteiger charge is -2.09. The summed E-state index contributed by atoms with van der Waals surface area (Å²) in [6.07, 6.45) is 0. The number of fused-ring (bicyclic) bond motifs is 8. The summed E-state index contributed by atoms with van der Waals surface area (Å²) in [5.74, 6) is 0. The van der Waals surface area contributed by atoms with Crippen molar-refractivity contribution in [3.05, 3.63) is 140 Å². The maximum absolute atomic E-state index is 6.50. The molecule has 9 rings (SSSR count). The number of aromatic nitrogens is 1. The maximum atomic E-state index is 6.50. The fourth-order valence-electron chi connectivity index (χ4n) is 6.28. The van der Waals surface area contributed by atoms with Gasteiger partial charge in [0, 0.05) is 36.6 Å². The lowest BCUT2D eigenvalue weighted by molar-refractivity contribution is 0.673. The highest BCUT2D eigenvalue weighted by Gasteiger charge is 2.19. The van der Waals surface area contributed by atoms with E-state index in [2.05, 4.69) is 144 Å². The first kappa shape index (κ1) is 22.7. The molecule has 0 N–H and O–H groups in total. The Bertz CT molecular complexity index is 2420. The number of para-hydroxylation sites is 2. The number of benzene rings is 6. The minimum Gasteiger partial charge on any atom is -0.454 e. The van der Waals surface area contributed by atoms with Crippen molar-refractivity contribution < 1.29 is 4.42 Å². The Labute approximate surface area is 240 Å². The summed E-state index contributed by atoms with van der Waals surface area (Å²) < 4.78 is 11.5. The van der Waals surface area contributed by atoms with Crippen molar-refractivity contribution in [1.82, 2.24) is 4.57 Å². The molecule has 0 atom stereocenters. The van der Waals surface area contributed by atoms with Crippen molar-refractivity contribution >= 4 is 64.5 Å². The van der Waals surface area contributed by atoms with Gasteiger partial charge in [-0.2, -0.15) is 0 Å². The molecule has 0 fully saturated rings. The molecule has 3 heterocycles. The number of rotatable bonds is 3. The van der Waals surface area contributed by atoms with Crippen LogP contribution in [0.1, 0.15) is 0 Å². The van der Waals surface area contributed by atoms with Gasteiger partial charge in [-0.15, -0.1) is 11.3 Å². The molecule has 41 heavy (non-hydrogen) atoms. The van der Waals surface area contributed by atoms with Crippen LogP contribution in [0.15, 0.2) is 144 Å². The Balaban J connectivity index is 1.21. The largest absolute Gasteiger partial charge is 0.454 e. The van der Waals surface area contributed by atoms with Gasteiger partial charge < -0.3 is 8.98 Å². The molecule has 0 aliphatic rings. The third kappa shape index (κ3) is 3.43. The third-order valence-corrected chi connectivity index (χ3v) is 9.33. The molecule has 0 bridgehead atoms. The maximum Gasteiger partial charge on any atom is 0.161 e. The van der Waals surface area contributed by atoms with Crippen LogP contribution >= 0.6 is 11.3 Å². The normalized spacial score (nSPS) is 11.9. The van der Waals surface area contributed by atoms with Gasteiger partial charge in [0.1, 0.15) is 11.1 Å². The van der Waals surface area contributed by atoms with E-state index in [1.165, 1.54) is 42.4 Å². The van der Waals surface area contributed by atoms with Crippen molar-refractivity contribution in [1.29, 1.82) is 0 Å². The molecule has 0 spiro atoms. The number of nitrogens with zero attached hydrogens (tertiary/aromatic N) is 1. The van der Waals surface area contributed by atoms with Crippen LogP contribution in [0.3, 0.4) is 0 Å². The van der Waals surface area contributed by atoms with Gasteiger partial charge >= 0.3 is 0 Å². The van der Waals surface area contributed by atoms with Crippen LogP contribution in [0.5, 0.6) is 0 Å². The second-order valence-corrected chi connectivity index (χ2v) is 11.7. The second kappa shape index (κ2) is 8.69. The highest BCUT2D eigenvalue weighted by molar-refractivity contribution is 7.25. The van der Waals surface area contributed by atoms with Crippen LogP contribution in [-0.2, 0) is 0 Å². The molecular weight excluding hydrogens is 518 g/mol. The van der Waals surface area contributed by atoms with E-state index in [4.69, 9.17) is 4.42 Å². The van der Waals surface area contributed by atoms with E-state index in [9.17, 15) is 0 Å². The fourth-order valence-corrected chi connectivity index (χ4v) is 7.42. The predicted molar refractivity (Wildman–Crippen MR) is 174 cm³/mol. The van der Waals surface area contributed by atoms with Gasteiger partial charge in [-0.1, -0.05) is 84.9 Å². The molecule has 6 aromatic carbocycles. The molecule has 3 aromatic heterocycles. The van der Waals surface area contributed by atoms with Crippen LogP contribution in [0.4, 0.5) is 0 Å². The predicted octanol–water partition coefficient (Wildman–Crippen LogP) is 11.2. The SMILES string of the molecule is c1ccc(-n2c3ccccc3c3oc4ccc(-c5cccc(-c6ccc7c(c6)sc6ccccc67)c5)cc4c32)cc1. The van der Waals surface area contributed by atoms with E-state index in [1.54, 1.807) is 0 Å². The summed E-state index contributed by atoms with van der Waals surface area (Å²) >= 11 is 1.86. The summed E-state index contributed by atoms with van der Waals surface area (Å²) in [6.45, 7) is 0. The van der Waals surface area contributed by atoms with Gasteiger partial charge in [0.2, 0.25) is 0 Å². The molecule has 2 nitrogen and oxygen atoms in total. The van der Waals surface area contributed by atoms with E-state index in [1.807, 2.05) is 11.3 Å².